The first-order valence-electron chi connectivity index (χ1n) is 5.84. The highest BCUT2D eigenvalue weighted by Crippen LogP contribution is 2.21. The van der Waals surface area contributed by atoms with E-state index in [4.69, 9.17) is 5.73 Å². The number of guanidine groups is 1. The molecule has 0 radical (unpaired) electrons. The number of aliphatic imine (C=N–C) groups is 1. The smallest absolute Gasteiger partial charge is 0.196 e. The first-order chi connectivity index (χ1) is 7.68. The van der Waals surface area contributed by atoms with Gasteiger partial charge in [-0.2, -0.15) is 0 Å². The first-order valence-corrected chi connectivity index (χ1v) is 5.84. The number of rotatable bonds is 1. The van der Waals surface area contributed by atoms with E-state index in [9.17, 15) is 0 Å². The number of nitrogens with two attached hydrogens (primary N) is 1. The van der Waals surface area contributed by atoms with Gasteiger partial charge >= 0.3 is 0 Å². The van der Waals surface area contributed by atoms with Gasteiger partial charge in [0, 0.05) is 13.1 Å². The topological polar surface area (TPSA) is 41.6 Å². The summed E-state index contributed by atoms with van der Waals surface area (Å²) >= 11 is 0. The number of hydrogen-bond acceptors (Lipinski definition) is 1. The zero-order chi connectivity index (χ0) is 11.5. The van der Waals surface area contributed by atoms with Gasteiger partial charge in [0.15, 0.2) is 5.96 Å². The Hall–Kier alpha value is -1.51. The lowest BCUT2D eigenvalue weighted by Gasteiger charge is -2.16. The van der Waals surface area contributed by atoms with Crippen molar-refractivity contribution in [1.82, 2.24) is 4.90 Å². The minimum atomic E-state index is 0.659. The van der Waals surface area contributed by atoms with Crippen LogP contribution in [0.15, 0.2) is 23.2 Å². The molecule has 0 atom stereocenters. The quantitative estimate of drug-likeness (QED) is 0.579. The normalized spacial score (nSPS) is 16.9. The molecule has 16 heavy (non-hydrogen) atoms. The number of aryl methyl sites for hydroxylation is 1. The molecule has 1 aliphatic heterocycles. The van der Waals surface area contributed by atoms with Crippen LogP contribution in [0.5, 0.6) is 0 Å². The highest BCUT2D eigenvalue weighted by molar-refractivity contribution is 5.81. The second kappa shape index (κ2) is 4.56. The minimum absolute atomic E-state index is 0.659. The summed E-state index contributed by atoms with van der Waals surface area (Å²) in [5, 5.41) is 0. The predicted octanol–water partition coefficient (Wildman–Crippen LogP) is 2.35. The molecule has 0 aliphatic carbocycles. The number of likely N-dealkylation sites (tertiary alicyclic amines) is 1. The molecule has 86 valence electrons. The maximum absolute atomic E-state index is 6.01. The molecule has 1 aromatic carbocycles. The third kappa shape index (κ3) is 2.18. The summed E-state index contributed by atoms with van der Waals surface area (Å²) in [5.74, 6) is 0.659. The molecule has 0 spiro atoms. The highest BCUT2D eigenvalue weighted by Gasteiger charge is 2.13. The summed E-state index contributed by atoms with van der Waals surface area (Å²) in [7, 11) is 0. The van der Waals surface area contributed by atoms with E-state index in [0.29, 0.717) is 5.96 Å². The molecule has 3 nitrogen and oxygen atoms in total. The Bertz CT molecular complexity index is 404. The molecule has 3 heteroatoms. The van der Waals surface area contributed by atoms with E-state index >= 15 is 0 Å². The van der Waals surface area contributed by atoms with Gasteiger partial charge < -0.3 is 10.6 Å². The largest absolute Gasteiger partial charge is 0.369 e. The summed E-state index contributed by atoms with van der Waals surface area (Å²) in [6.07, 6.45) is 2.45. The van der Waals surface area contributed by atoms with Gasteiger partial charge in [-0.3, -0.25) is 0 Å². The van der Waals surface area contributed by atoms with Crippen LogP contribution in [-0.2, 0) is 0 Å². The Labute approximate surface area is 97.0 Å². The van der Waals surface area contributed by atoms with Crippen molar-refractivity contribution in [2.24, 2.45) is 10.7 Å². The second-order valence-electron chi connectivity index (χ2n) is 4.38. The monoisotopic (exact) mass is 217 g/mol. The van der Waals surface area contributed by atoms with Crippen molar-refractivity contribution in [3.8, 4) is 0 Å². The molecule has 2 N–H and O–H groups in total. The lowest BCUT2D eigenvalue weighted by molar-refractivity contribution is 0.513. The van der Waals surface area contributed by atoms with Gasteiger partial charge in [0.05, 0.1) is 5.69 Å². The van der Waals surface area contributed by atoms with E-state index in [2.05, 4.69) is 29.8 Å². The lowest BCUT2D eigenvalue weighted by Crippen LogP contribution is -2.34. The number of nitrogens with zero attached hydrogens (tertiary/aromatic N) is 2. The van der Waals surface area contributed by atoms with Crippen LogP contribution in [0.4, 0.5) is 5.69 Å². The Morgan fingerprint density at radius 3 is 2.62 bits per heavy atom. The van der Waals surface area contributed by atoms with Crippen LogP contribution in [-0.4, -0.2) is 23.9 Å². The van der Waals surface area contributed by atoms with E-state index in [1.165, 1.54) is 24.0 Å². The van der Waals surface area contributed by atoms with Crippen LogP contribution in [0.1, 0.15) is 24.0 Å². The van der Waals surface area contributed by atoms with Crippen molar-refractivity contribution in [1.29, 1.82) is 0 Å². The summed E-state index contributed by atoms with van der Waals surface area (Å²) in [5.41, 5.74) is 9.47. The van der Waals surface area contributed by atoms with E-state index in [1.807, 2.05) is 12.1 Å². The zero-order valence-corrected chi connectivity index (χ0v) is 10.0. The van der Waals surface area contributed by atoms with Gasteiger partial charge in [0.25, 0.3) is 0 Å². The third-order valence-electron chi connectivity index (χ3n) is 3.24. The minimum Gasteiger partial charge on any atom is -0.369 e. The molecule has 0 aromatic heterocycles. The maximum atomic E-state index is 6.01. The standard InChI is InChI=1S/C13H19N3/c1-10-6-5-7-12(11(10)2)15-13(14)16-8-3-4-9-16/h5-7H,3-4,8-9H2,1-2H3,(H2,14,15). The maximum Gasteiger partial charge on any atom is 0.196 e. The molecule has 0 bridgehead atoms. The van der Waals surface area contributed by atoms with Crippen molar-refractivity contribution < 1.29 is 0 Å². The molecule has 0 saturated carbocycles. The van der Waals surface area contributed by atoms with Crippen LogP contribution in [0, 0.1) is 13.8 Å². The van der Waals surface area contributed by atoms with Crippen molar-refractivity contribution in [2.75, 3.05) is 13.1 Å². The molecule has 1 fully saturated rings. The first kappa shape index (κ1) is 11.0. The Morgan fingerprint density at radius 2 is 1.94 bits per heavy atom. The molecule has 0 unspecified atom stereocenters. The van der Waals surface area contributed by atoms with Gasteiger partial charge in [0.1, 0.15) is 0 Å². The van der Waals surface area contributed by atoms with Crippen LogP contribution >= 0.6 is 0 Å². The fourth-order valence-corrected chi connectivity index (χ4v) is 2.00. The molecule has 1 heterocycles. The zero-order valence-electron chi connectivity index (χ0n) is 10.0. The van der Waals surface area contributed by atoms with Gasteiger partial charge in [-0.15, -0.1) is 0 Å². The third-order valence-corrected chi connectivity index (χ3v) is 3.24. The van der Waals surface area contributed by atoms with Crippen LogP contribution in [0.2, 0.25) is 0 Å². The molecule has 2 rings (SSSR count). The van der Waals surface area contributed by atoms with Crippen molar-refractivity contribution in [3.63, 3.8) is 0 Å². The fourth-order valence-electron chi connectivity index (χ4n) is 2.00. The SMILES string of the molecule is Cc1cccc(N=C(N)N2CCCC2)c1C. The average molecular weight is 217 g/mol. The van der Waals surface area contributed by atoms with Crippen LogP contribution in [0.3, 0.4) is 0 Å². The van der Waals surface area contributed by atoms with Crippen molar-refractivity contribution >= 4 is 11.6 Å². The summed E-state index contributed by atoms with van der Waals surface area (Å²) in [4.78, 5) is 6.68. The number of benzene rings is 1. The molecule has 0 amide bonds. The lowest BCUT2D eigenvalue weighted by atomic mass is 10.1. The van der Waals surface area contributed by atoms with Gasteiger partial charge in [-0.1, -0.05) is 12.1 Å². The average Bonchev–Trinajstić information content (AvgIpc) is 2.78. The Kier molecular flexibility index (Phi) is 3.13. The van der Waals surface area contributed by atoms with E-state index in [0.717, 1.165) is 18.8 Å². The van der Waals surface area contributed by atoms with E-state index < -0.39 is 0 Å². The molecular formula is C13H19N3. The fraction of sp³-hybridized carbons (Fsp3) is 0.462. The summed E-state index contributed by atoms with van der Waals surface area (Å²) in [6.45, 7) is 6.27. The van der Waals surface area contributed by atoms with Gasteiger partial charge in [-0.25, -0.2) is 4.99 Å². The highest BCUT2D eigenvalue weighted by atomic mass is 15.3. The van der Waals surface area contributed by atoms with Crippen LogP contribution < -0.4 is 5.73 Å². The second-order valence-corrected chi connectivity index (χ2v) is 4.38. The van der Waals surface area contributed by atoms with Crippen LogP contribution in [0.25, 0.3) is 0 Å². The van der Waals surface area contributed by atoms with Crippen molar-refractivity contribution in [3.05, 3.63) is 29.3 Å². The van der Waals surface area contributed by atoms with Gasteiger partial charge in [0.2, 0.25) is 0 Å². The predicted molar refractivity (Wildman–Crippen MR) is 68.0 cm³/mol. The Morgan fingerprint density at radius 1 is 1.25 bits per heavy atom. The van der Waals surface area contributed by atoms with E-state index in [-0.39, 0.29) is 0 Å². The Balaban J connectivity index is 2.24. The number of hydrogen-bond donors (Lipinski definition) is 1. The van der Waals surface area contributed by atoms with E-state index in [1.54, 1.807) is 0 Å². The van der Waals surface area contributed by atoms with Gasteiger partial charge in [-0.05, 0) is 43.9 Å². The molecule has 1 saturated heterocycles. The molecule has 1 aromatic rings. The molecule has 1 aliphatic rings. The summed E-state index contributed by atoms with van der Waals surface area (Å²) in [6, 6.07) is 6.14. The van der Waals surface area contributed by atoms with Crippen molar-refractivity contribution in [2.45, 2.75) is 26.7 Å². The molecular weight excluding hydrogens is 198 g/mol. The summed E-state index contributed by atoms with van der Waals surface area (Å²) < 4.78 is 0.